The number of amides is 1. The Kier molecular flexibility index (Phi) is 5.00. The Morgan fingerprint density at radius 3 is 2.55 bits per heavy atom. The molecule has 1 atom stereocenters. The van der Waals surface area contributed by atoms with Crippen LogP contribution in [-0.4, -0.2) is 61.8 Å². The van der Waals surface area contributed by atoms with Crippen molar-refractivity contribution in [3.8, 4) is 0 Å². The largest absolute Gasteiger partial charge is 0.367 e. The topological polar surface area (TPSA) is 92.9 Å². The third-order valence-corrected chi connectivity index (χ3v) is 6.14. The normalized spacial score (nSPS) is 26.8. The molecule has 8 heteroatoms. The van der Waals surface area contributed by atoms with Crippen molar-refractivity contribution in [2.24, 2.45) is 5.73 Å². The van der Waals surface area contributed by atoms with E-state index in [1.165, 1.54) is 15.0 Å². The summed E-state index contributed by atoms with van der Waals surface area (Å²) in [6, 6.07) is 0.0589. The van der Waals surface area contributed by atoms with Crippen molar-refractivity contribution in [1.82, 2.24) is 8.61 Å². The predicted octanol–water partition coefficient (Wildman–Crippen LogP) is -0.318. The molecular weight excluding hydrogens is 282 g/mol. The van der Waals surface area contributed by atoms with Gasteiger partial charge in [-0.3, -0.25) is 4.79 Å². The highest BCUT2D eigenvalue weighted by molar-refractivity contribution is 7.86. The minimum atomic E-state index is -3.55. The van der Waals surface area contributed by atoms with Gasteiger partial charge >= 0.3 is 0 Å². The number of carbonyl (C=O) groups is 1. The van der Waals surface area contributed by atoms with Gasteiger partial charge in [0, 0.05) is 19.6 Å². The molecule has 1 aliphatic heterocycles. The first kappa shape index (κ1) is 15.7. The number of hydrogen-bond acceptors (Lipinski definition) is 4. The van der Waals surface area contributed by atoms with Crippen LogP contribution in [0.1, 0.15) is 32.1 Å². The molecule has 1 heterocycles. The summed E-state index contributed by atoms with van der Waals surface area (Å²) < 4.78 is 33.1. The Morgan fingerprint density at radius 1 is 1.30 bits per heavy atom. The molecule has 1 saturated heterocycles. The van der Waals surface area contributed by atoms with Crippen LogP contribution in [-0.2, 0) is 19.7 Å². The summed E-state index contributed by atoms with van der Waals surface area (Å²) in [7, 11) is -1.92. The molecule has 0 aromatic carbocycles. The van der Waals surface area contributed by atoms with Crippen LogP contribution in [0.25, 0.3) is 0 Å². The van der Waals surface area contributed by atoms with E-state index < -0.39 is 22.2 Å². The summed E-state index contributed by atoms with van der Waals surface area (Å²) >= 11 is 0. The molecule has 0 spiro atoms. The van der Waals surface area contributed by atoms with E-state index >= 15 is 0 Å². The van der Waals surface area contributed by atoms with Crippen molar-refractivity contribution in [3.63, 3.8) is 0 Å². The lowest BCUT2D eigenvalue weighted by atomic mass is 9.96. The highest BCUT2D eigenvalue weighted by atomic mass is 32.2. The molecule has 0 aromatic heterocycles. The lowest BCUT2D eigenvalue weighted by Crippen LogP contribution is -2.55. The highest BCUT2D eigenvalue weighted by Crippen LogP contribution is 2.25. The first-order valence-corrected chi connectivity index (χ1v) is 8.46. The molecule has 116 valence electrons. The summed E-state index contributed by atoms with van der Waals surface area (Å²) in [6.45, 7) is 0.475. The molecule has 2 rings (SSSR count). The maximum Gasteiger partial charge on any atom is 0.282 e. The standard InChI is InChI=1S/C12H23N3O4S/c1-14(10-5-3-2-4-6-10)20(17,18)15-7-8-19-11(9-15)12(13)16/h10-11H,2-9H2,1H3,(H2,13,16). The van der Waals surface area contributed by atoms with Crippen LogP contribution in [0.3, 0.4) is 0 Å². The summed E-state index contributed by atoms with van der Waals surface area (Å²) in [5, 5.41) is 0. The van der Waals surface area contributed by atoms with Gasteiger partial charge in [-0.05, 0) is 12.8 Å². The van der Waals surface area contributed by atoms with E-state index in [2.05, 4.69) is 0 Å². The molecule has 2 N–H and O–H groups in total. The maximum absolute atomic E-state index is 12.6. The van der Waals surface area contributed by atoms with Crippen LogP contribution in [0.2, 0.25) is 0 Å². The van der Waals surface area contributed by atoms with Gasteiger partial charge in [0.05, 0.1) is 13.2 Å². The molecule has 2 fully saturated rings. The van der Waals surface area contributed by atoms with Crippen LogP contribution in [0.15, 0.2) is 0 Å². The lowest BCUT2D eigenvalue weighted by Gasteiger charge is -2.37. The first-order valence-electron chi connectivity index (χ1n) is 7.07. The molecule has 2 aliphatic rings. The Balaban J connectivity index is 2.06. The molecule has 1 amide bonds. The minimum Gasteiger partial charge on any atom is -0.367 e. The van der Waals surface area contributed by atoms with Crippen molar-refractivity contribution in [2.45, 2.75) is 44.2 Å². The van der Waals surface area contributed by atoms with Gasteiger partial charge in [-0.2, -0.15) is 17.0 Å². The van der Waals surface area contributed by atoms with Crippen molar-refractivity contribution < 1.29 is 17.9 Å². The van der Waals surface area contributed by atoms with Gasteiger partial charge in [-0.25, -0.2) is 0 Å². The van der Waals surface area contributed by atoms with Gasteiger partial charge in [0.15, 0.2) is 0 Å². The molecule has 0 radical (unpaired) electrons. The summed E-state index contributed by atoms with van der Waals surface area (Å²) in [5.41, 5.74) is 5.19. The first-order chi connectivity index (χ1) is 9.43. The zero-order chi connectivity index (χ0) is 14.8. The smallest absolute Gasteiger partial charge is 0.282 e. The molecule has 1 saturated carbocycles. The number of nitrogens with zero attached hydrogens (tertiary/aromatic N) is 2. The summed E-state index contributed by atoms with van der Waals surface area (Å²) in [6.07, 6.45) is 4.26. The van der Waals surface area contributed by atoms with E-state index in [1.54, 1.807) is 7.05 Å². The molecule has 7 nitrogen and oxygen atoms in total. The number of primary amides is 1. The van der Waals surface area contributed by atoms with E-state index in [-0.39, 0.29) is 25.7 Å². The summed E-state index contributed by atoms with van der Waals surface area (Å²) in [5.74, 6) is -0.620. The summed E-state index contributed by atoms with van der Waals surface area (Å²) in [4.78, 5) is 11.2. The fourth-order valence-electron chi connectivity index (χ4n) is 2.82. The van der Waals surface area contributed by atoms with Crippen molar-refractivity contribution in [2.75, 3.05) is 26.7 Å². The number of hydrogen-bond donors (Lipinski definition) is 1. The van der Waals surface area contributed by atoms with Gasteiger partial charge in [-0.15, -0.1) is 0 Å². The quantitative estimate of drug-likeness (QED) is 0.770. The van der Waals surface area contributed by atoms with Crippen molar-refractivity contribution in [1.29, 1.82) is 0 Å². The molecule has 0 bridgehead atoms. The Labute approximate surface area is 120 Å². The number of carbonyl (C=O) groups excluding carboxylic acids is 1. The minimum absolute atomic E-state index is 0.00866. The molecule has 0 aromatic rings. The fourth-order valence-corrected chi connectivity index (χ4v) is 4.40. The van der Waals surface area contributed by atoms with Crippen LogP contribution < -0.4 is 5.73 Å². The second-order valence-corrected chi connectivity index (χ2v) is 7.42. The fraction of sp³-hybridized carbons (Fsp3) is 0.917. The lowest BCUT2D eigenvalue weighted by molar-refractivity contribution is -0.132. The zero-order valence-corrected chi connectivity index (χ0v) is 12.6. The number of ether oxygens (including phenoxy) is 1. The van der Waals surface area contributed by atoms with Crippen molar-refractivity contribution in [3.05, 3.63) is 0 Å². The Morgan fingerprint density at radius 2 is 1.95 bits per heavy atom. The second kappa shape index (κ2) is 6.38. The molecule has 1 aliphatic carbocycles. The Hall–Kier alpha value is -0.700. The van der Waals surface area contributed by atoms with Gasteiger partial charge in [0.1, 0.15) is 6.10 Å². The maximum atomic E-state index is 12.6. The van der Waals surface area contributed by atoms with Gasteiger partial charge < -0.3 is 10.5 Å². The monoisotopic (exact) mass is 305 g/mol. The van der Waals surface area contributed by atoms with E-state index in [1.807, 2.05) is 0 Å². The Bertz CT molecular complexity index is 448. The molecule has 1 unspecified atom stereocenters. The SMILES string of the molecule is CN(C1CCCCC1)S(=O)(=O)N1CCOC(C(N)=O)C1. The van der Waals surface area contributed by atoms with Crippen LogP contribution in [0, 0.1) is 0 Å². The number of nitrogens with two attached hydrogens (primary N) is 1. The third kappa shape index (κ3) is 3.30. The van der Waals surface area contributed by atoms with E-state index in [0.29, 0.717) is 0 Å². The average Bonchev–Trinajstić information content (AvgIpc) is 2.47. The van der Waals surface area contributed by atoms with E-state index in [0.717, 1.165) is 25.7 Å². The van der Waals surface area contributed by atoms with Crippen LogP contribution >= 0.6 is 0 Å². The van der Waals surface area contributed by atoms with E-state index in [9.17, 15) is 13.2 Å². The highest BCUT2D eigenvalue weighted by Gasteiger charge is 2.37. The van der Waals surface area contributed by atoms with Crippen molar-refractivity contribution >= 4 is 16.1 Å². The predicted molar refractivity (Wildman–Crippen MR) is 74.1 cm³/mol. The zero-order valence-electron chi connectivity index (χ0n) is 11.8. The van der Waals surface area contributed by atoms with E-state index in [4.69, 9.17) is 10.5 Å². The molecule has 20 heavy (non-hydrogen) atoms. The number of rotatable bonds is 4. The van der Waals surface area contributed by atoms with Gasteiger partial charge in [0.2, 0.25) is 5.91 Å². The number of morpholine rings is 1. The third-order valence-electron chi connectivity index (χ3n) is 4.13. The van der Waals surface area contributed by atoms with Gasteiger partial charge in [-0.1, -0.05) is 19.3 Å². The van der Waals surface area contributed by atoms with Gasteiger partial charge in [0.25, 0.3) is 10.2 Å². The second-order valence-electron chi connectivity index (χ2n) is 5.44. The van der Waals surface area contributed by atoms with Crippen LogP contribution in [0.4, 0.5) is 0 Å². The molecular formula is C12H23N3O4S. The van der Waals surface area contributed by atoms with Crippen LogP contribution in [0.5, 0.6) is 0 Å². The average molecular weight is 305 g/mol.